The average Bonchev–Trinajstić information content (AvgIpc) is 3.00. The second-order valence-electron chi connectivity index (χ2n) is 9.99. The molecule has 0 spiro atoms. The molecule has 0 amide bonds. The quantitative estimate of drug-likeness (QED) is 0.124. The minimum atomic E-state index is -0.204. The van der Waals surface area contributed by atoms with Crippen molar-refractivity contribution in [3.8, 4) is 0 Å². The Bertz CT molecular complexity index is 1230. The van der Waals surface area contributed by atoms with Crippen molar-refractivity contribution in [3.63, 3.8) is 0 Å². The van der Waals surface area contributed by atoms with E-state index in [9.17, 15) is 0 Å². The van der Waals surface area contributed by atoms with Gasteiger partial charge in [-0.25, -0.2) is 0 Å². The van der Waals surface area contributed by atoms with Crippen LogP contribution in [0.4, 0.5) is 0 Å². The first-order valence-corrected chi connectivity index (χ1v) is 15.1. The fourth-order valence-electron chi connectivity index (χ4n) is 5.16. The van der Waals surface area contributed by atoms with Crippen molar-refractivity contribution < 1.29 is 14.2 Å². The van der Waals surface area contributed by atoms with E-state index in [1.54, 1.807) is 0 Å². The van der Waals surface area contributed by atoms with Crippen molar-refractivity contribution in [2.24, 2.45) is 0 Å². The Morgan fingerprint density at radius 2 is 0.949 bits per heavy atom. The van der Waals surface area contributed by atoms with Crippen LogP contribution < -0.4 is 0 Å². The summed E-state index contributed by atoms with van der Waals surface area (Å²) in [6.07, 6.45) is -0.494. The van der Waals surface area contributed by atoms with E-state index in [4.69, 9.17) is 14.2 Å². The Balaban J connectivity index is 1.42. The summed E-state index contributed by atoms with van der Waals surface area (Å²) >= 11 is 2.50. The normalized spacial score (nSPS) is 21.6. The minimum absolute atomic E-state index is 0.141. The van der Waals surface area contributed by atoms with Gasteiger partial charge in [0.25, 0.3) is 0 Å². The molecule has 4 aromatic rings. The molecule has 39 heavy (non-hydrogen) atoms. The van der Waals surface area contributed by atoms with Gasteiger partial charge in [0.05, 0.1) is 25.9 Å². The van der Waals surface area contributed by atoms with Crippen molar-refractivity contribution in [1.29, 1.82) is 0 Å². The van der Waals surface area contributed by atoms with Gasteiger partial charge in [-0.1, -0.05) is 144 Å². The molecule has 5 heteroatoms. The van der Waals surface area contributed by atoms with Crippen molar-refractivity contribution >= 4 is 22.6 Å². The highest BCUT2D eigenvalue weighted by molar-refractivity contribution is 14.1. The Morgan fingerprint density at radius 3 is 1.41 bits per heavy atom. The summed E-state index contributed by atoms with van der Waals surface area (Å²) in [7, 11) is 0. The molecule has 1 heterocycles. The van der Waals surface area contributed by atoms with E-state index in [1.165, 1.54) is 5.56 Å². The molecule has 0 radical (unpaired) electrons. The van der Waals surface area contributed by atoms with Crippen LogP contribution in [0, 0.1) is 0 Å². The molecule has 1 aliphatic heterocycles. The molecular weight excluding hydrogens is 597 g/mol. The summed E-state index contributed by atoms with van der Waals surface area (Å²) in [5.41, 5.74) is 4.76. The van der Waals surface area contributed by atoms with E-state index in [0.717, 1.165) is 34.2 Å². The Kier molecular flexibility index (Phi) is 10.6. The fraction of sp³-hybridized carbons (Fsp3) is 0.294. The van der Waals surface area contributed by atoms with Crippen molar-refractivity contribution in [1.82, 2.24) is 4.90 Å². The van der Waals surface area contributed by atoms with Crippen molar-refractivity contribution in [2.75, 3.05) is 11.0 Å². The second kappa shape index (κ2) is 14.7. The van der Waals surface area contributed by atoms with Gasteiger partial charge in [-0.15, -0.1) is 0 Å². The summed E-state index contributed by atoms with van der Waals surface area (Å²) < 4.78 is 21.1. The maximum atomic E-state index is 6.77. The lowest BCUT2D eigenvalue weighted by Crippen LogP contribution is -2.63. The highest BCUT2D eigenvalue weighted by Gasteiger charge is 2.45. The van der Waals surface area contributed by atoms with Gasteiger partial charge in [0.1, 0.15) is 12.2 Å². The van der Waals surface area contributed by atoms with Crippen LogP contribution in [-0.2, 0) is 40.6 Å². The lowest BCUT2D eigenvalue weighted by molar-refractivity contribution is -0.201. The number of hydrogen-bond donors (Lipinski definition) is 0. The predicted octanol–water partition coefficient (Wildman–Crippen LogP) is 7.06. The minimum Gasteiger partial charge on any atom is -0.369 e. The number of likely N-dealkylation sites (tertiary alicyclic amines) is 1. The molecular formula is C34H36INO3. The Morgan fingerprint density at radius 1 is 0.538 bits per heavy atom. The zero-order chi connectivity index (χ0) is 26.7. The number of alkyl halides is 1. The van der Waals surface area contributed by atoms with Gasteiger partial charge < -0.3 is 14.2 Å². The van der Waals surface area contributed by atoms with E-state index in [-0.39, 0.29) is 24.4 Å². The number of halogens is 1. The molecule has 1 saturated heterocycles. The molecule has 4 nitrogen and oxygen atoms in total. The fourth-order valence-corrected chi connectivity index (χ4v) is 6.22. The van der Waals surface area contributed by atoms with Gasteiger partial charge >= 0.3 is 0 Å². The third-order valence-electron chi connectivity index (χ3n) is 7.22. The maximum absolute atomic E-state index is 6.77. The first-order valence-electron chi connectivity index (χ1n) is 13.6. The largest absolute Gasteiger partial charge is 0.369 e. The van der Waals surface area contributed by atoms with E-state index < -0.39 is 0 Å². The van der Waals surface area contributed by atoms with Crippen LogP contribution in [-0.4, -0.2) is 40.2 Å². The van der Waals surface area contributed by atoms with Crippen LogP contribution >= 0.6 is 22.6 Å². The smallest absolute Gasteiger partial charge is 0.113 e. The van der Waals surface area contributed by atoms with Crippen molar-refractivity contribution in [3.05, 3.63) is 144 Å². The van der Waals surface area contributed by atoms with Crippen LogP contribution in [0.5, 0.6) is 0 Å². The topological polar surface area (TPSA) is 30.9 Å². The number of benzene rings is 4. The van der Waals surface area contributed by atoms with E-state index in [0.29, 0.717) is 19.8 Å². The summed E-state index contributed by atoms with van der Waals surface area (Å²) in [5.74, 6) is 0. The molecule has 1 aliphatic rings. The van der Waals surface area contributed by atoms with Crippen LogP contribution in [0.3, 0.4) is 0 Å². The summed E-state index contributed by atoms with van der Waals surface area (Å²) in [6, 6.07) is 42.0. The van der Waals surface area contributed by atoms with E-state index >= 15 is 0 Å². The number of hydrogen-bond acceptors (Lipinski definition) is 4. The van der Waals surface area contributed by atoms with Crippen LogP contribution in [0.25, 0.3) is 0 Å². The summed E-state index contributed by atoms with van der Waals surface area (Å²) in [6.45, 7) is 3.22. The van der Waals surface area contributed by atoms with Gasteiger partial charge in [-0.05, 0) is 22.3 Å². The van der Waals surface area contributed by atoms with Gasteiger partial charge in [0, 0.05) is 23.6 Å². The Hall–Kier alpha value is -2.55. The first kappa shape index (κ1) is 28.0. The number of rotatable bonds is 12. The Labute approximate surface area is 246 Å². The molecule has 4 atom stereocenters. The van der Waals surface area contributed by atoms with Gasteiger partial charge in [0.2, 0.25) is 0 Å². The molecule has 0 aliphatic carbocycles. The average molecular weight is 634 g/mol. The lowest BCUT2D eigenvalue weighted by Gasteiger charge is -2.48. The maximum Gasteiger partial charge on any atom is 0.113 e. The van der Waals surface area contributed by atoms with Crippen LogP contribution in [0.1, 0.15) is 22.3 Å². The summed E-state index contributed by atoms with van der Waals surface area (Å²) in [4.78, 5) is 2.52. The number of piperidine rings is 1. The monoisotopic (exact) mass is 633 g/mol. The first-order chi connectivity index (χ1) is 19.3. The molecule has 0 saturated carbocycles. The zero-order valence-electron chi connectivity index (χ0n) is 22.1. The standard InChI is InChI=1S/C34H36INO3/c35-21-31-33(38-25-29-17-9-3-10-18-29)34(39-26-30-19-11-4-12-20-30)32(37-24-28-15-7-2-8-16-28)23-36(31)22-27-13-5-1-6-14-27/h1-20,31-34H,21-26H2/t31-,32+,33-,34-/m1/s1. The molecule has 202 valence electrons. The molecule has 0 N–H and O–H groups in total. The van der Waals surface area contributed by atoms with Crippen molar-refractivity contribution in [2.45, 2.75) is 50.7 Å². The third-order valence-corrected chi connectivity index (χ3v) is 8.12. The van der Waals surface area contributed by atoms with E-state index in [1.807, 2.05) is 18.2 Å². The molecule has 5 rings (SSSR count). The summed E-state index contributed by atoms with van der Waals surface area (Å²) in [5, 5.41) is 0. The van der Waals surface area contributed by atoms with Crippen LogP contribution in [0.2, 0.25) is 0 Å². The van der Waals surface area contributed by atoms with Gasteiger partial charge in [-0.3, -0.25) is 4.90 Å². The number of ether oxygens (including phenoxy) is 3. The number of nitrogens with zero attached hydrogens (tertiary/aromatic N) is 1. The molecule has 1 fully saturated rings. The van der Waals surface area contributed by atoms with E-state index in [2.05, 4.69) is 131 Å². The van der Waals surface area contributed by atoms with Gasteiger partial charge in [0.15, 0.2) is 0 Å². The van der Waals surface area contributed by atoms with Gasteiger partial charge in [-0.2, -0.15) is 0 Å². The molecule has 0 bridgehead atoms. The third kappa shape index (κ3) is 7.99. The highest BCUT2D eigenvalue weighted by atomic mass is 127. The molecule has 0 aromatic heterocycles. The van der Waals surface area contributed by atoms with Crippen LogP contribution in [0.15, 0.2) is 121 Å². The second-order valence-corrected chi connectivity index (χ2v) is 10.9. The lowest BCUT2D eigenvalue weighted by atomic mass is 9.93. The SMILES string of the molecule is IC[C@@H]1[C@@H](OCc2ccccc2)[C@H](OCc2ccccc2)[C@@H](OCc2ccccc2)CN1Cc1ccccc1. The zero-order valence-corrected chi connectivity index (χ0v) is 24.3. The molecule has 4 aromatic carbocycles. The predicted molar refractivity (Wildman–Crippen MR) is 165 cm³/mol. The highest BCUT2D eigenvalue weighted by Crippen LogP contribution is 2.30. The molecule has 0 unspecified atom stereocenters.